The number of carbonyl (C=O) groups is 1. The van der Waals surface area contributed by atoms with E-state index in [0.717, 1.165) is 19.3 Å². The van der Waals surface area contributed by atoms with Crippen molar-refractivity contribution in [2.45, 2.75) is 44.4 Å². The molecule has 2 aromatic rings. The summed E-state index contributed by atoms with van der Waals surface area (Å²) in [7, 11) is 1.44. The molecule has 1 aromatic carbocycles. The highest BCUT2D eigenvalue weighted by atomic mass is 79.9. The Kier molecular flexibility index (Phi) is 7.62. The van der Waals surface area contributed by atoms with Crippen molar-refractivity contribution < 1.29 is 19.4 Å². The van der Waals surface area contributed by atoms with Crippen molar-refractivity contribution in [1.29, 1.82) is 0 Å². The van der Waals surface area contributed by atoms with Crippen LogP contribution in [0.4, 0.5) is 0 Å². The molecule has 2 heterocycles. The van der Waals surface area contributed by atoms with Crippen molar-refractivity contribution in [1.82, 2.24) is 10.3 Å². The van der Waals surface area contributed by atoms with E-state index in [2.05, 4.69) is 22.4 Å². The van der Waals surface area contributed by atoms with Gasteiger partial charge in [-0.1, -0.05) is 30.3 Å². The summed E-state index contributed by atoms with van der Waals surface area (Å²) in [6.45, 7) is 2.01. The Bertz CT molecular complexity index is 757. The van der Waals surface area contributed by atoms with Crippen LogP contribution < -0.4 is 10.1 Å². The third-order valence-electron chi connectivity index (χ3n) is 4.55. The van der Waals surface area contributed by atoms with Gasteiger partial charge in [0, 0.05) is 18.3 Å². The molecule has 6 nitrogen and oxygen atoms in total. The number of benzene rings is 1. The molecule has 0 radical (unpaired) electrons. The third kappa shape index (κ3) is 5.43. The van der Waals surface area contributed by atoms with Crippen LogP contribution in [0.2, 0.25) is 0 Å². The number of amides is 1. The first-order chi connectivity index (χ1) is 12.6. The van der Waals surface area contributed by atoms with Crippen LogP contribution in [0.15, 0.2) is 42.6 Å². The normalized spacial score (nSPS) is 21.8. The van der Waals surface area contributed by atoms with Crippen LogP contribution in [0.25, 0.3) is 0 Å². The molecule has 1 aliphatic rings. The number of aromatic nitrogens is 1. The molecule has 1 aliphatic heterocycles. The average molecular weight is 437 g/mol. The first-order valence-electron chi connectivity index (χ1n) is 8.79. The summed E-state index contributed by atoms with van der Waals surface area (Å²) >= 11 is 0. The van der Waals surface area contributed by atoms with Gasteiger partial charge in [-0.25, -0.2) is 4.98 Å². The maximum absolute atomic E-state index is 12.5. The van der Waals surface area contributed by atoms with Crippen LogP contribution >= 0.6 is 17.0 Å². The van der Waals surface area contributed by atoms with Crippen LogP contribution in [0.1, 0.15) is 35.8 Å². The van der Waals surface area contributed by atoms with Crippen molar-refractivity contribution in [3.05, 3.63) is 53.9 Å². The Balaban J connectivity index is 0.00000261. The summed E-state index contributed by atoms with van der Waals surface area (Å²) in [6.07, 6.45) is 3.78. The maximum Gasteiger partial charge on any atom is 0.274 e. The van der Waals surface area contributed by atoms with E-state index >= 15 is 0 Å². The van der Waals surface area contributed by atoms with Gasteiger partial charge in [-0.05, 0) is 31.7 Å². The highest BCUT2D eigenvalue weighted by Crippen LogP contribution is 2.28. The van der Waals surface area contributed by atoms with Crippen LogP contribution in [0, 0.1) is 0 Å². The topological polar surface area (TPSA) is 80.7 Å². The van der Waals surface area contributed by atoms with Gasteiger partial charge in [0.15, 0.2) is 17.2 Å². The molecule has 1 saturated heterocycles. The molecule has 146 valence electrons. The zero-order valence-corrected chi connectivity index (χ0v) is 17.1. The highest BCUT2D eigenvalue weighted by Gasteiger charge is 2.29. The average Bonchev–Trinajstić information content (AvgIpc) is 2.62. The Hall–Kier alpha value is -2.12. The summed E-state index contributed by atoms with van der Waals surface area (Å²) in [4.78, 5) is 16.5. The molecule has 0 spiro atoms. The number of methoxy groups -OCH3 is 1. The molecule has 1 amide bonds. The predicted octanol–water partition coefficient (Wildman–Crippen LogP) is 3.28. The van der Waals surface area contributed by atoms with Crippen LogP contribution in [-0.2, 0) is 11.2 Å². The van der Waals surface area contributed by atoms with Crippen LogP contribution in [-0.4, -0.2) is 41.4 Å². The minimum absolute atomic E-state index is 0. The van der Waals surface area contributed by atoms with E-state index in [1.807, 2.05) is 25.1 Å². The van der Waals surface area contributed by atoms with E-state index in [1.165, 1.54) is 24.9 Å². The first-order valence-corrected chi connectivity index (χ1v) is 8.79. The van der Waals surface area contributed by atoms with Crippen molar-refractivity contribution in [3.8, 4) is 11.5 Å². The Morgan fingerprint density at radius 2 is 2.04 bits per heavy atom. The smallest absolute Gasteiger partial charge is 0.274 e. The summed E-state index contributed by atoms with van der Waals surface area (Å²) < 4.78 is 11.1. The number of pyridine rings is 1. The standard InChI is InChI=1S/C20H24N2O4.BrH/c1-13-10-15(12-16(26-13)11-14-6-4-3-5-7-14)22-20(24)18-19(23)17(25-2)8-9-21-18;/h3-9,13,15-16,23H,10-12H2,1-2H3,(H,22,24);1H/t13-,15?,16+;/m0./s1. The van der Waals surface area contributed by atoms with Crippen molar-refractivity contribution in [3.63, 3.8) is 0 Å². The maximum atomic E-state index is 12.5. The van der Waals surface area contributed by atoms with Crippen LogP contribution in [0.3, 0.4) is 0 Å². The minimum Gasteiger partial charge on any atom is -0.503 e. The second kappa shape index (κ2) is 9.71. The Morgan fingerprint density at radius 3 is 2.74 bits per heavy atom. The van der Waals surface area contributed by atoms with Gasteiger partial charge in [0.2, 0.25) is 0 Å². The predicted molar refractivity (Wildman–Crippen MR) is 108 cm³/mol. The fourth-order valence-corrected chi connectivity index (χ4v) is 3.40. The molecule has 0 aliphatic carbocycles. The van der Waals surface area contributed by atoms with E-state index < -0.39 is 5.91 Å². The highest BCUT2D eigenvalue weighted by molar-refractivity contribution is 8.93. The lowest BCUT2D eigenvalue weighted by molar-refractivity contribution is -0.0498. The number of hydrogen-bond donors (Lipinski definition) is 2. The van der Waals surface area contributed by atoms with Gasteiger partial charge in [-0.2, -0.15) is 0 Å². The number of aromatic hydroxyl groups is 1. The summed E-state index contributed by atoms with van der Waals surface area (Å²) in [5, 5.41) is 13.1. The van der Waals surface area contributed by atoms with E-state index in [0.29, 0.717) is 0 Å². The zero-order chi connectivity index (χ0) is 18.5. The van der Waals surface area contributed by atoms with Gasteiger partial charge >= 0.3 is 0 Å². The molecule has 3 atom stereocenters. The molecule has 27 heavy (non-hydrogen) atoms. The number of nitrogens with one attached hydrogen (secondary N) is 1. The second-order valence-electron chi connectivity index (χ2n) is 6.61. The molecule has 2 N–H and O–H groups in total. The monoisotopic (exact) mass is 436 g/mol. The number of ether oxygens (including phenoxy) is 2. The van der Waals surface area contributed by atoms with E-state index in [1.54, 1.807) is 0 Å². The number of halogens is 1. The van der Waals surface area contributed by atoms with Gasteiger partial charge < -0.3 is 19.9 Å². The zero-order valence-electron chi connectivity index (χ0n) is 15.4. The fourth-order valence-electron chi connectivity index (χ4n) is 3.40. The first kappa shape index (κ1) is 21.2. The second-order valence-corrected chi connectivity index (χ2v) is 6.61. The van der Waals surface area contributed by atoms with Gasteiger partial charge in [-0.15, -0.1) is 17.0 Å². The molecular weight excluding hydrogens is 412 g/mol. The summed E-state index contributed by atoms with van der Waals surface area (Å²) in [6, 6.07) is 11.6. The Labute approximate surface area is 169 Å². The SMILES string of the molecule is Br.COc1ccnc(C(=O)NC2C[C@@H](Cc3ccccc3)O[C@@H](C)C2)c1O. The van der Waals surface area contributed by atoms with E-state index in [-0.39, 0.29) is 52.4 Å². The summed E-state index contributed by atoms with van der Waals surface area (Å²) in [5.74, 6) is -0.417. The summed E-state index contributed by atoms with van der Waals surface area (Å²) in [5.41, 5.74) is 1.19. The lowest BCUT2D eigenvalue weighted by Gasteiger charge is -2.34. The third-order valence-corrected chi connectivity index (χ3v) is 4.55. The number of rotatable bonds is 5. The molecule has 1 unspecified atom stereocenters. The van der Waals surface area contributed by atoms with Crippen molar-refractivity contribution in [2.75, 3.05) is 7.11 Å². The van der Waals surface area contributed by atoms with Crippen molar-refractivity contribution >= 4 is 22.9 Å². The number of nitrogens with zero attached hydrogens (tertiary/aromatic N) is 1. The lowest BCUT2D eigenvalue weighted by Crippen LogP contribution is -2.45. The molecule has 0 bridgehead atoms. The molecule has 3 rings (SSSR count). The lowest BCUT2D eigenvalue weighted by atomic mass is 9.94. The molecule has 1 aromatic heterocycles. The van der Waals surface area contributed by atoms with E-state index in [4.69, 9.17) is 9.47 Å². The van der Waals surface area contributed by atoms with Gasteiger partial charge in [0.1, 0.15) is 0 Å². The number of carbonyl (C=O) groups excluding carboxylic acids is 1. The Morgan fingerprint density at radius 1 is 1.30 bits per heavy atom. The van der Waals surface area contributed by atoms with E-state index in [9.17, 15) is 9.90 Å². The number of hydrogen-bond acceptors (Lipinski definition) is 5. The van der Waals surface area contributed by atoms with Crippen molar-refractivity contribution in [2.24, 2.45) is 0 Å². The van der Waals surface area contributed by atoms with Gasteiger partial charge in [-0.3, -0.25) is 4.79 Å². The fraction of sp³-hybridized carbons (Fsp3) is 0.400. The molecule has 0 saturated carbocycles. The molecule has 1 fully saturated rings. The largest absolute Gasteiger partial charge is 0.503 e. The van der Waals surface area contributed by atoms with Gasteiger partial charge in [0.05, 0.1) is 19.3 Å². The molecule has 7 heteroatoms. The molecular formula is C20H25BrN2O4. The minimum atomic E-state index is -0.404. The quantitative estimate of drug-likeness (QED) is 0.751. The van der Waals surface area contributed by atoms with Gasteiger partial charge in [0.25, 0.3) is 5.91 Å². The van der Waals surface area contributed by atoms with Crippen LogP contribution in [0.5, 0.6) is 11.5 Å².